The molecule has 5 heteroatoms. The largest absolute Gasteiger partial charge is 0.272 e. The number of hydrogen-bond donors (Lipinski definition) is 1. The molecule has 28 heavy (non-hydrogen) atoms. The SMILES string of the molecule is O=C(CSc1ccccc1F)NN=C(Cc1ccccc1)Cc1ccccc1. The van der Waals surface area contributed by atoms with Gasteiger partial charge in [-0.2, -0.15) is 5.10 Å². The molecule has 0 aliphatic carbocycles. The Kier molecular flexibility index (Phi) is 7.38. The van der Waals surface area contributed by atoms with Gasteiger partial charge in [-0.05, 0) is 23.3 Å². The number of amides is 1. The maximum absolute atomic E-state index is 13.7. The first-order chi connectivity index (χ1) is 13.7. The van der Waals surface area contributed by atoms with Crippen molar-refractivity contribution in [1.82, 2.24) is 5.43 Å². The van der Waals surface area contributed by atoms with Crippen molar-refractivity contribution < 1.29 is 9.18 Å². The van der Waals surface area contributed by atoms with Crippen molar-refractivity contribution in [2.24, 2.45) is 5.10 Å². The molecule has 0 aliphatic rings. The summed E-state index contributed by atoms with van der Waals surface area (Å²) in [6.45, 7) is 0. The van der Waals surface area contributed by atoms with E-state index in [9.17, 15) is 9.18 Å². The van der Waals surface area contributed by atoms with E-state index in [-0.39, 0.29) is 17.5 Å². The number of halogens is 1. The molecule has 3 rings (SSSR count). The average Bonchev–Trinajstić information content (AvgIpc) is 2.73. The van der Waals surface area contributed by atoms with Gasteiger partial charge in [0.15, 0.2) is 0 Å². The van der Waals surface area contributed by atoms with Gasteiger partial charge in [0, 0.05) is 23.4 Å². The Balaban J connectivity index is 1.63. The Morgan fingerprint density at radius 3 is 1.93 bits per heavy atom. The van der Waals surface area contributed by atoms with Crippen LogP contribution >= 0.6 is 11.8 Å². The van der Waals surface area contributed by atoms with Gasteiger partial charge in [-0.15, -0.1) is 11.8 Å². The molecule has 3 aromatic rings. The minimum Gasteiger partial charge on any atom is -0.272 e. The molecule has 0 spiro atoms. The van der Waals surface area contributed by atoms with E-state index in [1.165, 1.54) is 6.07 Å². The predicted molar refractivity (Wildman–Crippen MR) is 113 cm³/mol. The fraction of sp³-hybridized carbons (Fsp3) is 0.130. The number of hydrogen-bond acceptors (Lipinski definition) is 3. The Morgan fingerprint density at radius 2 is 1.36 bits per heavy atom. The molecule has 0 heterocycles. The Morgan fingerprint density at radius 1 is 0.821 bits per heavy atom. The lowest BCUT2D eigenvalue weighted by molar-refractivity contribution is -0.118. The van der Waals surface area contributed by atoms with E-state index in [4.69, 9.17) is 0 Å². The number of nitrogens with one attached hydrogen (secondary N) is 1. The summed E-state index contributed by atoms with van der Waals surface area (Å²) in [5, 5.41) is 4.36. The van der Waals surface area contributed by atoms with Gasteiger partial charge in [0.1, 0.15) is 5.82 Å². The van der Waals surface area contributed by atoms with Gasteiger partial charge in [0.2, 0.25) is 5.91 Å². The topological polar surface area (TPSA) is 41.5 Å². The second-order valence-corrected chi connectivity index (χ2v) is 7.27. The molecule has 0 aliphatic heterocycles. The van der Waals surface area contributed by atoms with Crippen LogP contribution < -0.4 is 5.43 Å². The van der Waals surface area contributed by atoms with Crippen LogP contribution in [0.2, 0.25) is 0 Å². The lowest BCUT2D eigenvalue weighted by atomic mass is 10.0. The standard InChI is InChI=1S/C23H21FN2OS/c24-21-13-7-8-14-22(21)28-17-23(27)26-25-20(15-18-9-3-1-4-10-18)16-19-11-5-2-6-12-19/h1-14H,15-17H2,(H,26,27). The van der Waals surface area contributed by atoms with E-state index in [0.29, 0.717) is 17.7 Å². The molecule has 3 nitrogen and oxygen atoms in total. The quantitative estimate of drug-likeness (QED) is 0.337. The molecule has 3 aromatic carbocycles. The maximum Gasteiger partial charge on any atom is 0.250 e. The van der Waals surface area contributed by atoms with Crippen LogP contribution in [0.4, 0.5) is 4.39 Å². The average molecular weight is 392 g/mol. The lowest BCUT2D eigenvalue weighted by Crippen LogP contribution is -2.23. The molecule has 0 unspecified atom stereocenters. The minimum atomic E-state index is -0.322. The van der Waals surface area contributed by atoms with E-state index in [1.807, 2.05) is 60.7 Å². The Bertz CT molecular complexity index is 886. The number of rotatable bonds is 8. The lowest BCUT2D eigenvalue weighted by Gasteiger charge is -2.08. The summed E-state index contributed by atoms with van der Waals surface area (Å²) in [7, 11) is 0. The van der Waals surface area contributed by atoms with Crippen LogP contribution in [0.15, 0.2) is 94.9 Å². The summed E-state index contributed by atoms with van der Waals surface area (Å²) in [4.78, 5) is 12.6. The first-order valence-corrected chi connectivity index (χ1v) is 9.99. The Hall–Kier alpha value is -2.92. The summed E-state index contributed by atoms with van der Waals surface area (Å²) in [5.74, 6) is -0.474. The summed E-state index contributed by atoms with van der Waals surface area (Å²) in [6.07, 6.45) is 1.30. The van der Waals surface area contributed by atoms with Crippen LogP contribution in [0.1, 0.15) is 11.1 Å². The first-order valence-electron chi connectivity index (χ1n) is 9.00. The highest BCUT2D eigenvalue weighted by molar-refractivity contribution is 8.00. The van der Waals surface area contributed by atoms with Crippen molar-refractivity contribution in [3.8, 4) is 0 Å². The second-order valence-electron chi connectivity index (χ2n) is 6.26. The van der Waals surface area contributed by atoms with Crippen LogP contribution in [0, 0.1) is 5.82 Å². The van der Waals surface area contributed by atoms with Gasteiger partial charge in [0.05, 0.1) is 5.75 Å². The van der Waals surface area contributed by atoms with Crippen LogP contribution in [0.25, 0.3) is 0 Å². The molecule has 142 valence electrons. The molecule has 0 bridgehead atoms. The minimum absolute atomic E-state index is 0.106. The highest BCUT2D eigenvalue weighted by Crippen LogP contribution is 2.20. The van der Waals surface area contributed by atoms with E-state index >= 15 is 0 Å². The number of hydrazone groups is 1. The molecular weight excluding hydrogens is 371 g/mol. The van der Waals surface area contributed by atoms with Gasteiger partial charge in [-0.1, -0.05) is 72.8 Å². The zero-order valence-corrected chi connectivity index (χ0v) is 16.2. The summed E-state index contributed by atoms with van der Waals surface area (Å²) < 4.78 is 13.7. The molecule has 0 aromatic heterocycles. The van der Waals surface area contributed by atoms with Gasteiger partial charge in [-0.3, -0.25) is 4.79 Å². The third-order valence-electron chi connectivity index (χ3n) is 4.04. The van der Waals surface area contributed by atoms with Crippen molar-refractivity contribution in [2.45, 2.75) is 17.7 Å². The summed E-state index contributed by atoms with van der Waals surface area (Å²) in [6, 6.07) is 26.5. The van der Waals surface area contributed by atoms with E-state index < -0.39 is 0 Å². The molecular formula is C23H21FN2OS. The van der Waals surface area contributed by atoms with Gasteiger partial charge < -0.3 is 0 Å². The van der Waals surface area contributed by atoms with Gasteiger partial charge in [0.25, 0.3) is 0 Å². The first kappa shape index (κ1) is 19.8. The normalized spacial score (nSPS) is 10.3. The molecule has 0 saturated carbocycles. The Labute approximate surface area is 168 Å². The van der Waals surface area contributed by atoms with E-state index in [2.05, 4.69) is 10.5 Å². The molecule has 0 atom stereocenters. The van der Waals surface area contributed by atoms with Gasteiger partial charge in [-0.25, -0.2) is 9.82 Å². The van der Waals surface area contributed by atoms with Crippen LogP contribution in [0.3, 0.4) is 0 Å². The van der Waals surface area contributed by atoms with Crippen molar-refractivity contribution in [3.63, 3.8) is 0 Å². The maximum atomic E-state index is 13.7. The third-order valence-corrected chi connectivity index (χ3v) is 5.08. The number of thioether (sulfide) groups is 1. The molecule has 1 N–H and O–H groups in total. The molecule has 1 amide bonds. The third kappa shape index (κ3) is 6.35. The predicted octanol–water partition coefficient (Wildman–Crippen LogP) is 4.88. The van der Waals surface area contributed by atoms with Crippen molar-refractivity contribution in [1.29, 1.82) is 0 Å². The molecule has 0 radical (unpaired) electrons. The number of benzene rings is 3. The number of nitrogens with zero attached hydrogens (tertiary/aromatic N) is 1. The van der Waals surface area contributed by atoms with E-state index in [0.717, 1.165) is 28.6 Å². The van der Waals surface area contributed by atoms with E-state index in [1.54, 1.807) is 18.2 Å². The van der Waals surface area contributed by atoms with Crippen LogP contribution in [0.5, 0.6) is 0 Å². The van der Waals surface area contributed by atoms with Crippen molar-refractivity contribution >= 4 is 23.4 Å². The highest BCUT2D eigenvalue weighted by atomic mass is 32.2. The zero-order chi connectivity index (χ0) is 19.6. The summed E-state index contributed by atoms with van der Waals surface area (Å²) in [5.41, 5.74) is 5.74. The highest BCUT2D eigenvalue weighted by Gasteiger charge is 2.08. The van der Waals surface area contributed by atoms with Crippen LogP contribution in [-0.4, -0.2) is 17.4 Å². The number of carbonyl (C=O) groups is 1. The smallest absolute Gasteiger partial charge is 0.250 e. The number of carbonyl (C=O) groups excluding carboxylic acids is 1. The second kappa shape index (κ2) is 10.4. The van der Waals surface area contributed by atoms with Crippen molar-refractivity contribution in [3.05, 3.63) is 102 Å². The fourth-order valence-electron chi connectivity index (χ4n) is 2.68. The molecule has 0 fully saturated rings. The van der Waals surface area contributed by atoms with Crippen LogP contribution in [-0.2, 0) is 17.6 Å². The summed E-state index contributed by atoms with van der Waals surface area (Å²) >= 11 is 1.16. The van der Waals surface area contributed by atoms with Crippen molar-refractivity contribution in [2.75, 3.05) is 5.75 Å². The molecule has 0 saturated heterocycles. The fourth-order valence-corrected chi connectivity index (χ4v) is 3.42. The zero-order valence-electron chi connectivity index (χ0n) is 15.3. The van der Waals surface area contributed by atoms with Gasteiger partial charge >= 0.3 is 0 Å². The monoisotopic (exact) mass is 392 g/mol.